The molecule has 0 spiro atoms. The molecule has 23 heavy (non-hydrogen) atoms. The van der Waals surface area contributed by atoms with Crippen LogP contribution in [0.1, 0.15) is 15.9 Å². The van der Waals surface area contributed by atoms with Crippen LogP contribution in [0.3, 0.4) is 0 Å². The van der Waals surface area contributed by atoms with Crippen LogP contribution in [0, 0.1) is 0 Å². The SMILES string of the molecule is O=Cc1cn(CN(CCO)Cc2ccccc2)c2ccccc12. The van der Waals surface area contributed by atoms with Crippen molar-refractivity contribution in [1.29, 1.82) is 0 Å². The third kappa shape index (κ3) is 3.50. The average molecular weight is 308 g/mol. The Kier molecular flexibility index (Phi) is 4.86. The zero-order valence-electron chi connectivity index (χ0n) is 12.9. The normalized spacial score (nSPS) is 11.2. The molecule has 3 aromatic rings. The highest BCUT2D eigenvalue weighted by Crippen LogP contribution is 2.20. The zero-order valence-corrected chi connectivity index (χ0v) is 12.9. The Morgan fingerprint density at radius 2 is 1.78 bits per heavy atom. The lowest BCUT2D eigenvalue weighted by Crippen LogP contribution is -2.28. The van der Waals surface area contributed by atoms with Crippen LogP contribution in [0.2, 0.25) is 0 Å². The van der Waals surface area contributed by atoms with Crippen molar-refractivity contribution in [2.45, 2.75) is 13.2 Å². The molecule has 4 nitrogen and oxygen atoms in total. The number of benzene rings is 2. The van der Waals surface area contributed by atoms with Crippen molar-refractivity contribution < 1.29 is 9.90 Å². The van der Waals surface area contributed by atoms with Crippen molar-refractivity contribution in [3.63, 3.8) is 0 Å². The summed E-state index contributed by atoms with van der Waals surface area (Å²) in [6.45, 7) is 2.07. The lowest BCUT2D eigenvalue weighted by atomic mass is 10.2. The number of carbonyl (C=O) groups excluding carboxylic acids is 1. The van der Waals surface area contributed by atoms with Gasteiger partial charge in [0.05, 0.1) is 13.3 Å². The number of aldehydes is 1. The predicted octanol–water partition coefficient (Wildman–Crippen LogP) is 2.91. The molecule has 0 amide bonds. The summed E-state index contributed by atoms with van der Waals surface area (Å²) in [6.07, 6.45) is 2.78. The van der Waals surface area contributed by atoms with Crippen LogP contribution in [0.5, 0.6) is 0 Å². The van der Waals surface area contributed by atoms with Crippen LogP contribution < -0.4 is 0 Å². The van der Waals surface area contributed by atoms with Gasteiger partial charge in [-0.25, -0.2) is 0 Å². The smallest absolute Gasteiger partial charge is 0.152 e. The third-order valence-corrected chi connectivity index (χ3v) is 3.96. The maximum absolute atomic E-state index is 11.3. The van der Waals surface area contributed by atoms with E-state index in [2.05, 4.69) is 21.6 Å². The summed E-state index contributed by atoms with van der Waals surface area (Å²) in [5, 5.41) is 10.3. The third-order valence-electron chi connectivity index (χ3n) is 3.96. The number of aliphatic hydroxyl groups is 1. The molecule has 0 aliphatic heterocycles. The summed E-state index contributed by atoms with van der Waals surface area (Å²) in [4.78, 5) is 13.4. The van der Waals surface area contributed by atoms with E-state index in [0.717, 1.165) is 23.7 Å². The van der Waals surface area contributed by atoms with E-state index < -0.39 is 0 Å². The zero-order chi connectivity index (χ0) is 16.1. The highest BCUT2D eigenvalue weighted by molar-refractivity contribution is 5.97. The summed E-state index contributed by atoms with van der Waals surface area (Å²) >= 11 is 0. The summed E-state index contributed by atoms with van der Waals surface area (Å²) < 4.78 is 2.07. The summed E-state index contributed by atoms with van der Waals surface area (Å²) in [5.74, 6) is 0. The second-order valence-corrected chi connectivity index (χ2v) is 5.59. The molecule has 2 aromatic carbocycles. The lowest BCUT2D eigenvalue weighted by molar-refractivity contribution is 0.112. The molecule has 0 saturated heterocycles. The highest BCUT2D eigenvalue weighted by Gasteiger charge is 2.11. The Hall–Kier alpha value is -2.43. The monoisotopic (exact) mass is 308 g/mol. The number of nitrogens with zero attached hydrogens (tertiary/aromatic N) is 2. The van der Waals surface area contributed by atoms with Gasteiger partial charge in [0.1, 0.15) is 0 Å². The fraction of sp³-hybridized carbons (Fsp3) is 0.211. The largest absolute Gasteiger partial charge is 0.395 e. The molecule has 0 aliphatic rings. The van der Waals surface area contributed by atoms with Crippen molar-refractivity contribution in [3.05, 3.63) is 71.9 Å². The Labute approximate surface area is 135 Å². The maximum atomic E-state index is 11.3. The second-order valence-electron chi connectivity index (χ2n) is 5.59. The molecule has 0 atom stereocenters. The lowest BCUT2D eigenvalue weighted by Gasteiger charge is -2.22. The van der Waals surface area contributed by atoms with E-state index >= 15 is 0 Å². The molecular weight excluding hydrogens is 288 g/mol. The first-order valence-corrected chi connectivity index (χ1v) is 7.72. The molecule has 0 radical (unpaired) electrons. The van der Waals surface area contributed by atoms with Crippen LogP contribution in [-0.2, 0) is 13.2 Å². The van der Waals surface area contributed by atoms with E-state index in [0.29, 0.717) is 18.8 Å². The van der Waals surface area contributed by atoms with Crippen molar-refractivity contribution >= 4 is 17.2 Å². The topological polar surface area (TPSA) is 45.5 Å². The molecule has 0 fully saturated rings. The molecule has 1 aromatic heterocycles. The molecule has 3 rings (SSSR count). The van der Waals surface area contributed by atoms with Gasteiger partial charge in [0, 0.05) is 35.8 Å². The molecule has 4 heteroatoms. The van der Waals surface area contributed by atoms with Gasteiger partial charge in [-0.3, -0.25) is 9.69 Å². The van der Waals surface area contributed by atoms with Gasteiger partial charge >= 0.3 is 0 Å². The van der Waals surface area contributed by atoms with Gasteiger partial charge in [0.15, 0.2) is 6.29 Å². The van der Waals surface area contributed by atoms with Crippen LogP contribution in [0.25, 0.3) is 10.9 Å². The minimum Gasteiger partial charge on any atom is -0.395 e. The first-order valence-electron chi connectivity index (χ1n) is 7.72. The highest BCUT2D eigenvalue weighted by atomic mass is 16.3. The van der Waals surface area contributed by atoms with E-state index in [1.807, 2.05) is 48.7 Å². The van der Waals surface area contributed by atoms with Crippen molar-refractivity contribution in [2.75, 3.05) is 13.2 Å². The molecule has 0 saturated carbocycles. The van der Waals surface area contributed by atoms with Crippen molar-refractivity contribution in [3.8, 4) is 0 Å². The number of aromatic nitrogens is 1. The maximum Gasteiger partial charge on any atom is 0.152 e. The van der Waals surface area contributed by atoms with E-state index in [1.54, 1.807) is 0 Å². The minimum absolute atomic E-state index is 0.104. The number of aliphatic hydroxyl groups excluding tert-OH is 1. The molecule has 118 valence electrons. The van der Waals surface area contributed by atoms with Crippen molar-refractivity contribution in [2.24, 2.45) is 0 Å². The number of carbonyl (C=O) groups is 1. The Bertz CT molecular complexity index is 780. The molecule has 1 heterocycles. The van der Waals surface area contributed by atoms with Gasteiger partial charge in [0.2, 0.25) is 0 Å². The van der Waals surface area contributed by atoms with Gasteiger partial charge in [-0.15, -0.1) is 0 Å². The molecule has 0 bridgehead atoms. The Balaban J connectivity index is 1.87. The second kappa shape index (κ2) is 7.22. The number of hydrogen-bond acceptors (Lipinski definition) is 3. The summed E-state index contributed by atoms with van der Waals surface area (Å²) in [5.41, 5.74) is 2.93. The van der Waals surface area contributed by atoms with E-state index in [9.17, 15) is 9.90 Å². The standard InChI is InChI=1S/C19H20N2O2/c22-11-10-20(12-16-6-2-1-3-7-16)15-21-13-17(14-23)18-8-4-5-9-19(18)21/h1-9,13-14,22H,10-12,15H2. The number of para-hydroxylation sites is 1. The molecule has 1 N–H and O–H groups in total. The Morgan fingerprint density at radius 3 is 2.52 bits per heavy atom. The minimum atomic E-state index is 0.104. The van der Waals surface area contributed by atoms with Crippen LogP contribution in [-0.4, -0.2) is 34.0 Å². The van der Waals surface area contributed by atoms with Gasteiger partial charge in [0.25, 0.3) is 0 Å². The summed E-state index contributed by atoms with van der Waals surface area (Å²) in [7, 11) is 0. The average Bonchev–Trinajstić information content (AvgIpc) is 2.94. The summed E-state index contributed by atoms with van der Waals surface area (Å²) in [6, 6.07) is 18.1. The molecule has 0 aliphatic carbocycles. The van der Waals surface area contributed by atoms with Gasteiger partial charge in [-0.1, -0.05) is 48.5 Å². The number of hydrogen-bond donors (Lipinski definition) is 1. The van der Waals surface area contributed by atoms with Crippen LogP contribution >= 0.6 is 0 Å². The van der Waals surface area contributed by atoms with Gasteiger partial charge < -0.3 is 9.67 Å². The van der Waals surface area contributed by atoms with Crippen LogP contribution in [0.15, 0.2) is 60.8 Å². The predicted molar refractivity (Wildman–Crippen MR) is 91.3 cm³/mol. The van der Waals surface area contributed by atoms with Gasteiger partial charge in [-0.2, -0.15) is 0 Å². The first-order chi connectivity index (χ1) is 11.3. The molecular formula is C19H20N2O2. The quantitative estimate of drug-likeness (QED) is 0.683. The van der Waals surface area contributed by atoms with Crippen LogP contribution in [0.4, 0.5) is 0 Å². The van der Waals surface area contributed by atoms with E-state index in [4.69, 9.17) is 0 Å². The van der Waals surface area contributed by atoms with E-state index in [1.165, 1.54) is 5.56 Å². The fourth-order valence-electron chi connectivity index (χ4n) is 2.88. The molecule has 0 unspecified atom stereocenters. The number of fused-ring (bicyclic) bond motifs is 1. The van der Waals surface area contributed by atoms with Gasteiger partial charge in [-0.05, 0) is 11.6 Å². The Morgan fingerprint density at radius 1 is 1.04 bits per heavy atom. The van der Waals surface area contributed by atoms with E-state index in [-0.39, 0.29) is 6.61 Å². The fourth-order valence-corrected chi connectivity index (χ4v) is 2.88. The van der Waals surface area contributed by atoms with Crippen molar-refractivity contribution in [1.82, 2.24) is 9.47 Å². The number of rotatable bonds is 7. The first kappa shape index (κ1) is 15.5.